The highest BCUT2D eigenvalue weighted by atomic mass is 35.5. The number of aromatic amines is 1. The maximum atomic E-state index is 12.8. The van der Waals surface area contributed by atoms with Gasteiger partial charge in [0, 0.05) is 7.05 Å². The fraction of sp³-hybridized carbons (Fsp3) is 0.158. The molecule has 0 saturated heterocycles. The van der Waals surface area contributed by atoms with Crippen molar-refractivity contribution in [2.45, 2.75) is 12.4 Å². The number of aromatic nitrogens is 4. The molecule has 0 aliphatic rings. The first-order chi connectivity index (χ1) is 17.0. The predicted molar refractivity (Wildman–Crippen MR) is 120 cm³/mol. The highest BCUT2D eigenvalue weighted by molar-refractivity contribution is 6.38. The van der Waals surface area contributed by atoms with Gasteiger partial charge in [-0.05, 0) is 24.3 Å². The minimum absolute atomic E-state index is 0.156. The van der Waals surface area contributed by atoms with E-state index in [4.69, 9.17) is 50.8 Å². The Morgan fingerprint density at radius 1 is 0.784 bits per heavy atom. The smallest absolute Gasteiger partial charge is 0.388 e. The molecule has 4 rings (SSSR count). The van der Waals surface area contributed by atoms with Gasteiger partial charge in [-0.25, -0.2) is 14.7 Å². The molecule has 18 heteroatoms. The van der Waals surface area contributed by atoms with Crippen LogP contribution in [0.4, 0.5) is 26.3 Å². The van der Waals surface area contributed by atoms with E-state index in [0.717, 1.165) is 16.8 Å². The van der Waals surface area contributed by atoms with Crippen LogP contribution in [-0.4, -0.2) is 20.0 Å². The van der Waals surface area contributed by atoms with Crippen LogP contribution in [0.15, 0.2) is 42.7 Å². The van der Waals surface area contributed by atoms with Gasteiger partial charge in [0.25, 0.3) is 11.8 Å². The Bertz CT molecular complexity index is 1570. The van der Waals surface area contributed by atoms with E-state index < -0.39 is 55.1 Å². The maximum Gasteiger partial charge on any atom is 0.437 e. The summed E-state index contributed by atoms with van der Waals surface area (Å²) in [7, 11) is 1.30. The van der Waals surface area contributed by atoms with Crippen LogP contribution in [0.3, 0.4) is 0 Å². The number of hydrogen-bond donors (Lipinski definition) is 1. The highest BCUT2D eigenvalue weighted by Gasteiger charge is 2.38. The molecule has 2 aromatic carbocycles. The molecule has 0 bridgehead atoms. The van der Waals surface area contributed by atoms with Crippen LogP contribution in [0, 0.1) is 0 Å². The summed E-state index contributed by atoms with van der Waals surface area (Å²) in [4.78, 5) is 21.9. The zero-order valence-corrected chi connectivity index (χ0v) is 20.6. The van der Waals surface area contributed by atoms with Crippen molar-refractivity contribution in [1.82, 2.24) is 20.0 Å². The molecule has 4 aromatic rings. The van der Waals surface area contributed by atoms with Gasteiger partial charge in [0.15, 0.2) is 0 Å². The minimum Gasteiger partial charge on any atom is -0.388 e. The molecule has 0 radical (unpaired) electrons. The SMILES string of the molecule is Cn1nc(-c2ccc(Cl)c(C(F)(F)F)c2Cl)oc1=O.O=c1[nH]nc(-c2ccc(Cl)c(C(F)(F)F)c2Cl)o1. The van der Waals surface area contributed by atoms with Crippen molar-refractivity contribution >= 4 is 46.4 Å². The van der Waals surface area contributed by atoms with Gasteiger partial charge in [-0.2, -0.15) is 31.0 Å². The Kier molecular flexibility index (Phi) is 8.08. The standard InChI is InChI=1S/C10H5Cl2F3N2O2.C9H3Cl2F3N2O2/c1-17-9(18)19-8(16-17)4-2-3-5(11)6(7(4)12)10(13,14)15;10-4-2-1-3(7-15-16-8(17)18-7)6(11)5(4)9(12,13)14/h2-3H,1H3;1-2H,(H,16,17). The zero-order chi connectivity index (χ0) is 27.9. The summed E-state index contributed by atoms with van der Waals surface area (Å²) >= 11 is 22.2. The number of nitrogens with zero attached hydrogens (tertiary/aromatic N) is 3. The van der Waals surface area contributed by atoms with Crippen molar-refractivity contribution in [3.05, 3.63) is 76.6 Å². The zero-order valence-electron chi connectivity index (χ0n) is 17.6. The van der Waals surface area contributed by atoms with Crippen molar-refractivity contribution < 1.29 is 35.2 Å². The molecule has 0 atom stereocenters. The van der Waals surface area contributed by atoms with E-state index in [2.05, 4.69) is 14.6 Å². The molecule has 0 aliphatic carbocycles. The van der Waals surface area contributed by atoms with Crippen LogP contribution in [-0.2, 0) is 19.4 Å². The number of hydrogen-bond acceptors (Lipinski definition) is 6. The van der Waals surface area contributed by atoms with Gasteiger partial charge >= 0.3 is 23.9 Å². The summed E-state index contributed by atoms with van der Waals surface area (Å²) in [6.07, 6.45) is -9.44. The van der Waals surface area contributed by atoms with Gasteiger partial charge < -0.3 is 8.83 Å². The number of H-pyrrole nitrogens is 1. The summed E-state index contributed by atoms with van der Waals surface area (Å²) < 4.78 is 86.6. The molecule has 0 spiro atoms. The molecule has 198 valence electrons. The third-order valence-corrected chi connectivity index (χ3v) is 5.75. The molecule has 2 aromatic heterocycles. The quantitative estimate of drug-likeness (QED) is 0.252. The predicted octanol–water partition coefficient (Wildman–Crippen LogP) is 6.72. The van der Waals surface area contributed by atoms with Gasteiger partial charge in [0.05, 0.1) is 42.3 Å². The summed E-state index contributed by atoms with van der Waals surface area (Å²) in [6, 6.07) is 4.39. The Labute approximate surface area is 220 Å². The second-order valence-electron chi connectivity index (χ2n) is 6.78. The van der Waals surface area contributed by atoms with Gasteiger partial charge in [-0.15, -0.1) is 10.2 Å². The molecule has 37 heavy (non-hydrogen) atoms. The average molecular weight is 612 g/mol. The number of nitrogens with one attached hydrogen (secondary N) is 1. The van der Waals surface area contributed by atoms with E-state index in [1.165, 1.54) is 19.2 Å². The van der Waals surface area contributed by atoms with E-state index in [1.54, 1.807) is 0 Å². The lowest BCUT2D eigenvalue weighted by molar-refractivity contribution is -0.138. The third kappa shape index (κ3) is 6.14. The Hall–Kier alpha value is -2.94. The Morgan fingerprint density at radius 3 is 1.59 bits per heavy atom. The van der Waals surface area contributed by atoms with E-state index in [1.807, 2.05) is 5.10 Å². The highest BCUT2D eigenvalue weighted by Crippen LogP contribution is 2.44. The fourth-order valence-electron chi connectivity index (χ4n) is 2.76. The summed E-state index contributed by atoms with van der Waals surface area (Å²) in [6.45, 7) is 0. The number of benzene rings is 2. The van der Waals surface area contributed by atoms with Crippen molar-refractivity contribution in [3.63, 3.8) is 0 Å². The minimum atomic E-state index is -4.72. The van der Waals surface area contributed by atoms with E-state index in [9.17, 15) is 35.9 Å². The van der Waals surface area contributed by atoms with Gasteiger partial charge in [0.1, 0.15) is 0 Å². The number of alkyl halides is 6. The van der Waals surface area contributed by atoms with Crippen molar-refractivity contribution in [2.24, 2.45) is 7.05 Å². The molecule has 0 aliphatic heterocycles. The van der Waals surface area contributed by atoms with Crippen molar-refractivity contribution in [2.75, 3.05) is 0 Å². The van der Waals surface area contributed by atoms with Gasteiger partial charge in [-0.1, -0.05) is 46.4 Å². The van der Waals surface area contributed by atoms with E-state index >= 15 is 0 Å². The van der Waals surface area contributed by atoms with Crippen molar-refractivity contribution in [1.29, 1.82) is 0 Å². The molecule has 0 unspecified atom stereocenters. The first-order valence-corrected chi connectivity index (χ1v) is 10.7. The van der Waals surface area contributed by atoms with Crippen LogP contribution in [0.2, 0.25) is 20.1 Å². The average Bonchev–Trinajstić information content (AvgIpc) is 3.31. The van der Waals surface area contributed by atoms with Crippen LogP contribution in [0.1, 0.15) is 11.1 Å². The van der Waals surface area contributed by atoms with Crippen LogP contribution in [0.5, 0.6) is 0 Å². The first-order valence-electron chi connectivity index (χ1n) is 9.23. The van der Waals surface area contributed by atoms with Crippen LogP contribution >= 0.6 is 46.4 Å². The van der Waals surface area contributed by atoms with E-state index in [-0.39, 0.29) is 22.9 Å². The summed E-state index contributed by atoms with van der Waals surface area (Å²) in [5, 5.41) is 6.53. The van der Waals surface area contributed by atoms with E-state index in [0.29, 0.717) is 0 Å². The summed E-state index contributed by atoms with van der Waals surface area (Å²) in [5.74, 6) is -2.36. The fourth-order valence-corrected chi connectivity index (χ4v) is 4.09. The lowest BCUT2D eigenvalue weighted by Gasteiger charge is -2.12. The Morgan fingerprint density at radius 2 is 1.24 bits per heavy atom. The second kappa shape index (κ2) is 10.4. The maximum absolute atomic E-state index is 12.8. The molecule has 0 fully saturated rings. The molecule has 8 nitrogen and oxygen atoms in total. The molecule has 1 N–H and O–H groups in total. The van der Waals surface area contributed by atoms with Crippen molar-refractivity contribution in [3.8, 4) is 22.9 Å². The normalized spacial score (nSPS) is 11.9. The van der Waals surface area contributed by atoms with Gasteiger partial charge in [0.2, 0.25) is 0 Å². The molecule has 2 heterocycles. The second-order valence-corrected chi connectivity index (χ2v) is 8.35. The largest absolute Gasteiger partial charge is 0.437 e. The third-order valence-electron chi connectivity index (χ3n) is 4.34. The summed E-state index contributed by atoms with van der Waals surface area (Å²) in [5.41, 5.74) is -2.72. The molecule has 0 saturated carbocycles. The lowest BCUT2D eigenvalue weighted by atomic mass is 10.1. The molecular weight excluding hydrogens is 604 g/mol. The van der Waals surface area contributed by atoms with Crippen LogP contribution < -0.4 is 11.5 Å². The number of rotatable bonds is 2. The topological polar surface area (TPSA) is 107 Å². The monoisotopic (exact) mass is 610 g/mol. The lowest BCUT2D eigenvalue weighted by Crippen LogP contribution is -2.09. The molecule has 0 amide bonds. The first kappa shape index (κ1) is 28.6. The van der Waals surface area contributed by atoms with Gasteiger partial charge in [-0.3, -0.25) is 0 Å². The Balaban J connectivity index is 0.000000206. The van der Waals surface area contributed by atoms with Crippen LogP contribution in [0.25, 0.3) is 22.9 Å². The number of halogens is 10. The molecular formula is C19H8Cl4F6N4O4. The number of aryl methyl sites for hydroxylation is 1.